The Labute approximate surface area is 384 Å². The zero-order chi connectivity index (χ0) is 43.1. The van der Waals surface area contributed by atoms with Gasteiger partial charge in [-0.25, -0.2) is 0 Å². The van der Waals surface area contributed by atoms with Crippen LogP contribution in [0, 0.1) is 0 Å². The van der Waals surface area contributed by atoms with Gasteiger partial charge in [0.1, 0.15) is 11.2 Å². The molecule has 0 radical (unpaired) electrons. The third-order valence-electron chi connectivity index (χ3n) is 15.2. The van der Waals surface area contributed by atoms with Gasteiger partial charge in [-0.3, -0.25) is 0 Å². The molecule has 66 heavy (non-hydrogen) atoms. The number of hydrogen-bond donors (Lipinski definition) is 0. The van der Waals surface area contributed by atoms with Gasteiger partial charge in [0, 0.05) is 44.8 Å². The standard InChI is InChI=1S/C61H38B2N2O/c1-3-19-40(20-4-1)61(41-21-5-2-6-22-41)45-25-9-10-26-47(45)62-49-28-12-16-32-53(49)65-54-33-17-13-29-50(54)63-48-27-11-15-31-52(48)64(55-38-46(61)58(62)60(65)59(55)63)51-30-14-7-23-42(51)39-35-36-57-44(37-39)43-24-8-18-34-56(43)66-57/h1-38H. The Kier molecular flexibility index (Phi) is 7.32. The number of benzene rings is 10. The number of fused-ring (bicyclic) bond motifs is 13. The van der Waals surface area contributed by atoms with Crippen molar-refractivity contribution < 1.29 is 4.42 Å². The average Bonchev–Trinajstić information content (AvgIpc) is 3.77. The first-order valence-electron chi connectivity index (χ1n) is 23.1. The van der Waals surface area contributed by atoms with Crippen molar-refractivity contribution in [2.24, 2.45) is 0 Å². The lowest BCUT2D eigenvalue weighted by atomic mass is 9.26. The Hall–Kier alpha value is -8.27. The predicted molar refractivity (Wildman–Crippen MR) is 276 cm³/mol. The molecule has 10 aromatic carbocycles. The van der Waals surface area contributed by atoms with Gasteiger partial charge in [-0.15, -0.1) is 0 Å². The van der Waals surface area contributed by atoms with Crippen LogP contribution in [-0.4, -0.2) is 13.4 Å². The number of furan rings is 1. The minimum atomic E-state index is -0.642. The molecule has 0 spiro atoms. The van der Waals surface area contributed by atoms with Crippen LogP contribution in [0.25, 0.3) is 33.1 Å². The van der Waals surface area contributed by atoms with Crippen LogP contribution in [0.5, 0.6) is 0 Å². The molecule has 15 rings (SSSR count). The molecule has 4 aliphatic heterocycles. The Bertz CT molecular complexity index is 3770. The molecule has 0 N–H and O–H groups in total. The van der Waals surface area contributed by atoms with Crippen molar-refractivity contribution in [1.82, 2.24) is 0 Å². The maximum atomic E-state index is 6.36. The number of anilines is 6. The summed E-state index contributed by atoms with van der Waals surface area (Å²) < 4.78 is 6.36. The highest BCUT2D eigenvalue weighted by Gasteiger charge is 2.55. The maximum absolute atomic E-state index is 6.36. The van der Waals surface area contributed by atoms with Crippen LogP contribution in [0.4, 0.5) is 34.1 Å². The van der Waals surface area contributed by atoms with Crippen molar-refractivity contribution in [2.75, 3.05) is 9.80 Å². The van der Waals surface area contributed by atoms with E-state index in [-0.39, 0.29) is 13.4 Å². The summed E-state index contributed by atoms with van der Waals surface area (Å²) in [5.74, 6) is 0. The summed E-state index contributed by atoms with van der Waals surface area (Å²) in [6.07, 6.45) is 0. The topological polar surface area (TPSA) is 19.6 Å². The summed E-state index contributed by atoms with van der Waals surface area (Å²) in [5.41, 5.74) is 24.0. The molecule has 0 unspecified atom stereocenters. The Morgan fingerprint density at radius 3 is 1.55 bits per heavy atom. The third kappa shape index (κ3) is 4.59. The van der Waals surface area contributed by atoms with E-state index in [1.807, 2.05) is 6.07 Å². The Morgan fingerprint density at radius 1 is 0.348 bits per heavy atom. The van der Waals surface area contributed by atoms with Crippen LogP contribution < -0.4 is 42.6 Å². The van der Waals surface area contributed by atoms with E-state index in [9.17, 15) is 0 Å². The monoisotopic (exact) mass is 836 g/mol. The fourth-order valence-electron chi connectivity index (χ4n) is 12.7. The van der Waals surface area contributed by atoms with Crippen molar-refractivity contribution >= 4 is 102 Å². The molecule has 0 amide bonds. The second kappa shape index (κ2) is 13.4. The second-order valence-electron chi connectivity index (χ2n) is 18.2. The van der Waals surface area contributed by atoms with E-state index in [1.165, 1.54) is 83.5 Å². The molecule has 3 nitrogen and oxygen atoms in total. The molecule has 0 saturated heterocycles. The van der Waals surface area contributed by atoms with Crippen molar-refractivity contribution in [3.63, 3.8) is 0 Å². The first kappa shape index (κ1) is 36.1. The van der Waals surface area contributed by atoms with E-state index in [0.29, 0.717) is 0 Å². The zero-order valence-electron chi connectivity index (χ0n) is 35.9. The molecule has 11 aromatic rings. The average molecular weight is 837 g/mol. The van der Waals surface area contributed by atoms with Crippen LogP contribution in [0.1, 0.15) is 22.3 Å². The van der Waals surface area contributed by atoms with Crippen LogP contribution in [-0.2, 0) is 5.41 Å². The van der Waals surface area contributed by atoms with Gasteiger partial charge in [0.2, 0.25) is 6.71 Å². The van der Waals surface area contributed by atoms with Crippen molar-refractivity contribution in [3.05, 3.63) is 253 Å². The third-order valence-corrected chi connectivity index (χ3v) is 15.2. The smallest absolute Gasteiger partial charge is 0.252 e. The van der Waals surface area contributed by atoms with Crippen molar-refractivity contribution in [3.8, 4) is 11.1 Å². The fraction of sp³-hybridized carbons (Fsp3) is 0.0164. The van der Waals surface area contributed by atoms with E-state index < -0.39 is 5.41 Å². The molecule has 0 fully saturated rings. The van der Waals surface area contributed by atoms with Gasteiger partial charge in [-0.2, -0.15) is 0 Å². The van der Waals surface area contributed by atoms with Gasteiger partial charge >= 0.3 is 0 Å². The first-order chi connectivity index (χ1) is 32.8. The fourth-order valence-corrected chi connectivity index (χ4v) is 12.7. The molecular weight excluding hydrogens is 798 g/mol. The lowest BCUT2D eigenvalue weighted by Crippen LogP contribution is -2.70. The molecule has 1 aromatic heterocycles. The molecule has 5 heteroatoms. The molecule has 0 aliphatic carbocycles. The second-order valence-corrected chi connectivity index (χ2v) is 18.2. The van der Waals surface area contributed by atoms with Crippen LogP contribution >= 0.6 is 0 Å². The SMILES string of the molecule is c1ccc(C2(c3ccccc3)c3ccccc3B3c4ccccc4N4c5ccccc5B5c6ccccc6N(c6ccccc6-c6ccc7oc8ccccc8c7c6)c6cc2c3c4c65)cc1. The molecule has 4 aliphatic rings. The molecule has 0 atom stereocenters. The van der Waals surface area contributed by atoms with Crippen LogP contribution in [0.3, 0.4) is 0 Å². The van der Waals surface area contributed by atoms with E-state index in [0.717, 1.165) is 38.8 Å². The highest BCUT2D eigenvalue weighted by Crippen LogP contribution is 2.53. The van der Waals surface area contributed by atoms with Gasteiger partial charge in [0.05, 0.1) is 11.1 Å². The highest BCUT2D eigenvalue weighted by atomic mass is 16.3. The van der Waals surface area contributed by atoms with E-state index >= 15 is 0 Å². The van der Waals surface area contributed by atoms with E-state index in [2.05, 4.69) is 234 Å². The minimum Gasteiger partial charge on any atom is -0.456 e. The van der Waals surface area contributed by atoms with E-state index in [4.69, 9.17) is 4.42 Å². The number of hydrogen-bond acceptors (Lipinski definition) is 3. The summed E-state index contributed by atoms with van der Waals surface area (Å²) in [7, 11) is 0. The summed E-state index contributed by atoms with van der Waals surface area (Å²) in [6.45, 7) is 0.0248. The number of nitrogens with zero attached hydrogens (tertiary/aromatic N) is 2. The molecule has 0 saturated carbocycles. The maximum Gasteiger partial charge on any atom is 0.252 e. The van der Waals surface area contributed by atoms with Crippen molar-refractivity contribution in [1.29, 1.82) is 0 Å². The molecule has 304 valence electrons. The van der Waals surface area contributed by atoms with Gasteiger partial charge in [-0.1, -0.05) is 187 Å². The Morgan fingerprint density at radius 2 is 0.864 bits per heavy atom. The van der Waals surface area contributed by atoms with Gasteiger partial charge in [0.15, 0.2) is 0 Å². The highest BCUT2D eigenvalue weighted by molar-refractivity contribution is 7.04. The minimum absolute atomic E-state index is 0.00643. The van der Waals surface area contributed by atoms with E-state index in [1.54, 1.807) is 0 Å². The van der Waals surface area contributed by atoms with Gasteiger partial charge < -0.3 is 14.2 Å². The lowest BCUT2D eigenvalue weighted by molar-refractivity contribution is 0.669. The lowest BCUT2D eigenvalue weighted by Gasteiger charge is -2.53. The largest absolute Gasteiger partial charge is 0.456 e. The normalized spacial score (nSPS) is 14.4. The van der Waals surface area contributed by atoms with Crippen molar-refractivity contribution in [2.45, 2.75) is 5.41 Å². The molecule has 0 bridgehead atoms. The predicted octanol–water partition coefficient (Wildman–Crippen LogP) is 10.9. The van der Waals surface area contributed by atoms with Crippen LogP contribution in [0.15, 0.2) is 235 Å². The first-order valence-corrected chi connectivity index (χ1v) is 23.1. The van der Waals surface area contributed by atoms with Gasteiger partial charge in [-0.05, 0) is 104 Å². The van der Waals surface area contributed by atoms with Crippen LogP contribution in [0.2, 0.25) is 0 Å². The van der Waals surface area contributed by atoms with Gasteiger partial charge in [0.25, 0.3) is 6.71 Å². The summed E-state index contributed by atoms with van der Waals surface area (Å²) in [6, 6.07) is 86.2. The summed E-state index contributed by atoms with van der Waals surface area (Å²) in [5, 5.41) is 2.25. The quantitative estimate of drug-likeness (QED) is 0.165. The molecule has 5 heterocycles. The molecular formula is C61H38B2N2O. The number of rotatable bonds is 4. The zero-order valence-corrected chi connectivity index (χ0v) is 35.9. The summed E-state index contributed by atoms with van der Waals surface area (Å²) in [4.78, 5) is 5.24. The summed E-state index contributed by atoms with van der Waals surface area (Å²) >= 11 is 0. The number of para-hydroxylation sites is 5. The Balaban J connectivity index is 1.12.